The zero-order valence-electron chi connectivity index (χ0n) is 12.1. The van der Waals surface area contributed by atoms with E-state index in [0.29, 0.717) is 12.3 Å². The Morgan fingerprint density at radius 2 is 2.05 bits per heavy atom. The zero-order valence-corrected chi connectivity index (χ0v) is 12.9. The Kier molecular flexibility index (Phi) is 5.72. The Hall–Kier alpha value is -2.14. The summed E-state index contributed by atoms with van der Waals surface area (Å²) in [6, 6.07) is 7.61. The van der Waals surface area contributed by atoms with Gasteiger partial charge in [0.25, 0.3) is 5.91 Å². The topological polar surface area (TPSA) is 42.4 Å². The Balaban J connectivity index is 1.81. The number of pyridine rings is 1. The van der Waals surface area contributed by atoms with Crippen molar-refractivity contribution >= 4 is 17.5 Å². The predicted molar refractivity (Wildman–Crippen MR) is 82.5 cm³/mol. The molecular formula is C16H16ClFN2O2. The van der Waals surface area contributed by atoms with E-state index in [1.54, 1.807) is 24.3 Å². The highest BCUT2D eigenvalue weighted by molar-refractivity contribution is 6.32. The molecule has 0 fully saturated rings. The maximum atomic E-state index is 12.9. The summed E-state index contributed by atoms with van der Waals surface area (Å²) in [6.07, 6.45) is 4.18. The van der Waals surface area contributed by atoms with Crippen molar-refractivity contribution in [2.24, 2.45) is 0 Å². The largest absolute Gasteiger partial charge is 0.482 e. The molecule has 0 spiro atoms. The van der Waals surface area contributed by atoms with Crippen molar-refractivity contribution in [2.75, 3.05) is 20.2 Å². The van der Waals surface area contributed by atoms with E-state index in [9.17, 15) is 9.18 Å². The first-order chi connectivity index (χ1) is 10.6. The van der Waals surface area contributed by atoms with E-state index in [0.717, 1.165) is 18.1 Å². The Morgan fingerprint density at radius 3 is 2.73 bits per heavy atom. The number of hydrogen-bond donors (Lipinski definition) is 0. The molecule has 1 aromatic carbocycles. The van der Waals surface area contributed by atoms with Gasteiger partial charge < -0.3 is 9.64 Å². The highest BCUT2D eigenvalue weighted by Crippen LogP contribution is 2.24. The molecule has 1 aromatic heterocycles. The smallest absolute Gasteiger partial charge is 0.260 e. The average Bonchev–Trinajstić information content (AvgIpc) is 2.52. The summed E-state index contributed by atoms with van der Waals surface area (Å²) < 4.78 is 18.2. The first kappa shape index (κ1) is 16.2. The first-order valence-electron chi connectivity index (χ1n) is 6.77. The molecule has 0 saturated heterocycles. The van der Waals surface area contributed by atoms with Gasteiger partial charge in [-0.1, -0.05) is 11.6 Å². The van der Waals surface area contributed by atoms with Crippen molar-refractivity contribution in [3.8, 4) is 5.75 Å². The van der Waals surface area contributed by atoms with Crippen LogP contribution < -0.4 is 4.74 Å². The van der Waals surface area contributed by atoms with E-state index in [1.165, 1.54) is 12.1 Å². The van der Waals surface area contributed by atoms with Crippen LogP contribution in [0.4, 0.5) is 4.39 Å². The molecule has 0 atom stereocenters. The van der Waals surface area contributed by atoms with Crippen LogP contribution in [0.15, 0.2) is 42.7 Å². The highest BCUT2D eigenvalue weighted by Gasteiger charge is 2.11. The summed E-state index contributed by atoms with van der Waals surface area (Å²) >= 11 is 5.84. The van der Waals surface area contributed by atoms with Crippen molar-refractivity contribution in [3.63, 3.8) is 0 Å². The summed E-state index contributed by atoms with van der Waals surface area (Å²) in [5.74, 6) is -0.327. The standard InChI is InChI=1S/C16H16ClFN2O2/c1-20(9-6-12-4-7-19-8-5-12)16(21)11-22-15-3-2-13(18)10-14(15)17/h2-5,7-8,10H,6,9,11H2,1H3. The summed E-state index contributed by atoms with van der Waals surface area (Å²) in [6.45, 7) is 0.432. The van der Waals surface area contributed by atoms with Gasteiger partial charge in [0, 0.05) is 26.0 Å². The zero-order chi connectivity index (χ0) is 15.9. The van der Waals surface area contributed by atoms with E-state index in [-0.39, 0.29) is 17.5 Å². The third kappa shape index (κ3) is 4.70. The molecule has 116 valence electrons. The molecule has 0 radical (unpaired) electrons. The molecule has 1 amide bonds. The van der Waals surface area contributed by atoms with Gasteiger partial charge in [0.15, 0.2) is 6.61 Å². The van der Waals surface area contributed by atoms with Crippen LogP contribution in [0, 0.1) is 5.82 Å². The van der Waals surface area contributed by atoms with E-state index in [1.807, 2.05) is 12.1 Å². The SMILES string of the molecule is CN(CCc1ccncc1)C(=O)COc1ccc(F)cc1Cl. The minimum Gasteiger partial charge on any atom is -0.482 e. The fraction of sp³-hybridized carbons (Fsp3) is 0.250. The molecule has 1 heterocycles. The minimum absolute atomic E-state index is 0.141. The van der Waals surface area contributed by atoms with Gasteiger partial charge in [0.2, 0.25) is 0 Å². The van der Waals surface area contributed by atoms with Gasteiger partial charge in [0.05, 0.1) is 5.02 Å². The normalized spacial score (nSPS) is 10.3. The van der Waals surface area contributed by atoms with E-state index >= 15 is 0 Å². The molecule has 0 N–H and O–H groups in total. The van der Waals surface area contributed by atoms with Gasteiger partial charge in [-0.15, -0.1) is 0 Å². The lowest BCUT2D eigenvalue weighted by atomic mass is 10.2. The number of carbonyl (C=O) groups excluding carboxylic acids is 1. The molecule has 6 heteroatoms. The van der Waals surface area contributed by atoms with Crippen LogP contribution in [0.5, 0.6) is 5.75 Å². The molecule has 4 nitrogen and oxygen atoms in total. The van der Waals surface area contributed by atoms with Crippen LogP contribution in [-0.2, 0) is 11.2 Å². The number of rotatable bonds is 6. The quantitative estimate of drug-likeness (QED) is 0.821. The number of benzene rings is 1. The van der Waals surface area contributed by atoms with Crippen molar-refractivity contribution in [1.82, 2.24) is 9.88 Å². The molecular weight excluding hydrogens is 307 g/mol. The second kappa shape index (κ2) is 7.75. The molecule has 0 aliphatic rings. The Labute approximate surface area is 133 Å². The van der Waals surface area contributed by atoms with Crippen molar-refractivity contribution in [1.29, 1.82) is 0 Å². The van der Waals surface area contributed by atoms with Gasteiger partial charge >= 0.3 is 0 Å². The number of amides is 1. The summed E-state index contributed by atoms with van der Waals surface area (Å²) in [5.41, 5.74) is 1.11. The Morgan fingerprint density at radius 1 is 1.32 bits per heavy atom. The van der Waals surface area contributed by atoms with Crippen molar-refractivity contribution in [3.05, 3.63) is 59.1 Å². The average molecular weight is 323 g/mol. The van der Waals surface area contributed by atoms with Crippen molar-refractivity contribution in [2.45, 2.75) is 6.42 Å². The number of ether oxygens (including phenoxy) is 1. The first-order valence-corrected chi connectivity index (χ1v) is 7.15. The molecule has 0 saturated carbocycles. The van der Waals surface area contributed by atoms with Gasteiger partial charge in [-0.25, -0.2) is 4.39 Å². The molecule has 0 aliphatic carbocycles. The third-order valence-corrected chi connectivity index (χ3v) is 3.45. The summed E-state index contributed by atoms with van der Waals surface area (Å²) in [4.78, 5) is 17.5. The number of halogens is 2. The van der Waals surface area contributed by atoms with Crippen molar-refractivity contribution < 1.29 is 13.9 Å². The lowest BCUT2D eigenvalue weighted by Gasteiger charge is -2.17. The number of hydrogen-bond acceptors (Lipinski definition) is 3. The second-order valence-corrected chi connectivity index (χ2v) is 5.19. The van der Waals surface area contributed by atoms with Gasteiger partial charge in [-0.3, -0.25) is 9.78 Å². The van der Waals surface area contributed by atoms with Gasteiger partial charge in [-0.05, 0) is 42.3 Å². The molecule has 2 rings (SSSR count). The van der Waals surface area contributed by atoms with Crippen LogP contribution in [0.2, 0.25) is 5.02 Å². The number of nitrogens with zero attached hydrogens (tertiary/aromatic N) is 2. The number of carbonyl (C=O) groups is 1. The molecule has 2 aromatic rings. The van der Waals surface area contributed by atoms with Gasteiger partial charge in [0.1, 0.15) is 11.6 Å². The molecule has 0 bridgehead atoms. The molecule has 0 aliphatic heterocycles. The van der Waals surface area contributed by atoms with E-state index in [2.05, 4.69) is 4.98 Å². The monoisotopic (exact) mass is 322 g/mol. The summed E-state index contributed by atoms with van der Waals surface area (Å²) in [5, 5.41) is 0.146. The van der Waals surface area contributed by atoms with Crippen LogP contribution in [0.25, 0.3) is 0 Å². The van der Waals surface area contributed by atoms with E-state index < -0.39 is 5.82 Å². The summed E-state index contributed by atoms with van der Waals surface area (Å²) in [7, 11) is 1.71. The van der Waals surface area contributed by atoms with E-state index in [4.69, 9.17) is 16.3 Å². The maximum absolute atomic E-state index is 12.9. The van der Waals surface area contributed by atoms with Crippen LogP contribution in [-0.4, -0.2) is 36.0 Å². The number of likely N-dealkylation sites (N-methyl/N-ethyl adjacent to an activating group) is 1. The molecule has 22 heavy (non-hydrogen) atoms. The second-order valence-electron chi connectivity index (χ2n) is 4.78. The number of aromatic nitrogens is 1. The van der Waals surface area contributed by atoms with Crippen LogP contribution >= 0.6 is 11.6 Å². The maximum Gasteiger partial charge on any atom is 0.260 e. The fourth-order valence-electron chi connectivity index (χ4n) is 1.81. The minimum atomic E-state index is -0.446. The lowest BCUT2D eigenvalue weighted by molar-refractivity contribution is -0.132. The molecule has 0 unspecified atom stereocenters. The fourth-order valence-corrected chi connectivity index (χ4v) is 2.03. The lowest BCUT2D eigenvalue weighted by Crippen LogP contribution is -2.33. The van der Waals surface area contributed by atoms with Crippen LogP contribution in [0.3, 0.4) is 0 Å². The Bertz CT molecular complexity index is 637. The van der Waals surface area contributed by atoms with Crippen LogP contribution in [0.1, 0.15) is 5.56 Å². The highest BCUT2D eigenvalue weighted by atomic mass is 35.5. The third-order valence-electron chi connectivity index (χ3n) is 3.16. The van der Waals surface area contributed by atoms with Gasteiger partial charge in [-0.2, -0.15) is 0 Å². The predicted octanol–water partition coefficient (Wildman–Crippen LogP) is 2.95.